The molecular formula is C21H29N3O3. The summed E-state index contributed by atoms with van der Waals surface area (Å²) in [5.74, 6) is -0.305. The molecule has 1 aliphatic carbocycles. The van der Waals surface area contributed by atoms with Crippen molar-refractivity contribution >= 4 is 23.5 Å². The van der Waals surface area contributed by atoms with Crippen LogP contribution < -0.4 is 10.6 Å². The van der Waals surface area contributed by atoms with Crippen molar-refractivity contribution in [2.75, 3.05) is 11.9 Å². The number of aryl methyl sites for hydroxylation is 1. The largest absolute Gasteiger partial charge is 0.325 e. The number of hydrogen-bond acceptors (Lipinski definition) is 3. The lowest BCUT2D eigenvalue weighted by Gasteiger charge is -2.43. The third-order valence-corrected chi connectivity index (χ3v) is 5.54. The monoisotopic (exact) mass is 371 g/mol. The van der Waals surface area contributed by atoms with E-state index in [4.69, 9.17) is 0 Å². The highest BCUT2D eigenvalue weighted by Gasteiger charge is 2.56. The molecule has 6 heteroatoms. The topological polar surface area (TPSA) is 78.5 Å². The minimum absolute atomic E-state index is 0.0283. The molecule has 2 aliphatic rings. The van der Waals surface area contributed by atoms with Crippen LogP contribution in [0.5, 0.6) is 0 Å². The van der Waals surface area contributed by atoms with E-state index in [1.807, 2.05) is 25.1 Å². The standard InChI is InChI=1S/C21H29N3O3/c1-5-15-7-6-8-16(9-15)22-17(25)12-24-18(26)21(23-19(24)27)11-14(2)10-20(3,4)13-21/h6-9,14H,5,10-13H2,1-4H3,(H,22,25)(H,23,27)/t14-,21+/m0/s1. The highest BCUT2D eigenvalue weighted by atomic mass is 16.2. The Morgan fingerprint density at radius 1 is 1.30 bits per heavy atom. The van der Waals surface area contributed by atoms with Gasteiger partial charge in [0.25, 0.3) is 5.91 Å². The van der Waals surface area contributed by atoms with Crippen LogP contribution in [0, 0.1) is 11.3 Å². The Morgan fingerprint density at radius 3 is 2.70 bits per heavy atom. The average Bonchev–Trinajstić information content (AvgIpc) is 2.76. The van der Waals surface area contributed by atoms with E-state index in [1.54, 1.807) is 6.07 Å². The minimum Gasteiger partial charge on any atom is -0.325 e. The molecule has 4 amide bonds. The third-order valence-electron chi connectivity index (χ3n) is 5.54. The molecular weight excluding hydrogens is 342 g/mol. The van der Waals surface area contributed by atoms with Gasteiger partial charge in [0, 0.05) is 5.69 Å². The number of rotatable bonds is 4. The van der Waals surface area contributed by atoms with Crippen LogP contribution in [0.3, 0.4) is 0 Å². The second kappa shape index (κ2) is 6.98. The number of carbonyl (C=O) groups is 3. The van der Waals surface area contributed by atoms with Crippen molar-refractivity contribution in [3.63, 3.8) is 0 Å². The highest BCUT2D eigenvalue weighted by molar-refractivity contribution is 6.10. The Morgan fingerprint density at radius 2 is 2.04 bits per heavy atom. The molecule has 1 heterocycles. The van der Waals surface area contributed by atoms with E-state index in [-0.39, 0.29) is 23.8 Å². The van der Waals surface area contributed by atoms with Gasteiger partial charge < -0.3 is 10.6 Å². The van der Waals surface area contributed by atoms with Crippen LogP contribution in [-0.4, -0.2) is 34.8 Å². The molecule has 1 saturated heterocycles. The molecule has 2 fully saturated rings. The van der Waals surface area contributed by atoms with Crippen LogP contribution in [0.1, 0.15) is 52.5 Å². The number of benzene rings is 1. The quantitative estimate of drug-likeness (QED) is 0.797. The molecule has 0 aromatic heterocycles. The second-order valence-corrected chi connectivity index (χ2v) is 8.86. The van der Waals surface area contributed by atoms with Gasteiger partial charge in [-0.3, -0.25) is 14.5 Å². The zero-order valence-electron chi connectivity index (χ0n) is 16.6. The van der Waals surface area contributed by atoms with Gasteiger partial charge in [0.1, 0.15) is 12.1 Å². The first-order valence-corrected chi connectivity index (χ1v) is 9.67. The SMILES string of the molecule is CCc1cccc(NC(=O)CN2C(=O)N[C@@]3(C[C@@H](C)CC(C)(C)C3)C2=O)c1. The summed E-state index contributed by atoms with van der Waals surface area (Å²) in [6.45, 7) is 8.13. The molecule has 3 rings (SSSR count). The van der Waals surface area contributed by atoms with Crippen LogP contribution in [0.2, 0.25) is 0 Å². The summed E-state index contributed by atoms with van der Waals surface area (Å²) in [6.07, 6.45) is 3.11. The Hall–Kier alpha value is -2.37. The lowest BCUT2D eigenvalue weighted by Crippen LogP contribution is -2.54. The maximum atomic E-state index is 13.1. The maximum absolute atomic E-state index is 13.1. The van der Waals surface area contributed by atoms with E-state index in [2.05, 4.69) is 31.4 Å². The van der Waals surface area contributed by atoms with Crippen molar-refractivity contribution in [1.29, 1.82) is 0 Å². The van der Waals surface area contributed by atoms with Gasteiger partial charge in [-0.1, -0.05) is 39.8 Å². The fourth-order valence-electron chi connectivity index (χ4n) is 4.86. The normalized spacial score (nSPS) is 27.0. The second-order valence-electron chi connectivity index (χ2n) is 8.86. The number of nitrogens with zero attached hydrogens (tertiary/aromatic N) is 1. The number of anilines is 1. The van der Waals surface area contributed by atoms with Crippen molar-refractivity contribution in [3.05, 3.63) is 29.8 Å². The summed E-state index contributed by atoms with van der Waals surface area (Å²) in [4.78, 5) is 39.1. The van der Waals surface area contributed by atoms with Gasteiger partial charge in [-0.15, -0.1) is 0 Å². The van der Waals surface area contributed by atoms with E-state index in [9.17, 15) is 14.4 Å². The van der Waals surface area contributed by atoms with Crippen LogP contribution in [-0.2, 0) is 16.0 Å². The van der Waals surface area contributed by atoms with Crippen molar-refractivity contribution in [1.82, 2.24) is 10.2 Å². The van der Waals surface area contributed by atoms with E-state index < -0.39 is 11.6 Å². The van der Waals surface area contributed by atoms with Crippen LogP contribution in [0.25, 0.3) is 0 Å². The van der Waals surface area contributed by atoms with Crippen molar-refractivity contribution < 1.29 is 14.4 Å². The van der Waals surface area contributed by atoms with Crippen LogP contribution in [0.15, 0.2) is 24.3 Å². The molecule has 27 heavy (non-hydrogen) atoms. The number of nitrogens with one attached hydrogen (secondary N) is 2. The number of urea groups is 1. The Labute approximate surface area is 160 Å². The molecule has 1 aromatic rings. The maximum Gasteiger partial charge on any atom is 0.325 e. The summed E-state index contributed by atoms with van der Waals surface area (Å²) >= 11 is 0. The summed E-state index contributed by atoms with van der Waals surface area (Å²) in [7, 11) is 0. The molecule has 1 aromatic carbocycles. The first-order valence-electron chi connectivity index (χ1n) is 9.67. The Balaban J connectivity index is 1.71. The number of carbonyl (C=O) groups excluding carboxylic acids is 3. The Bertz CT molecular complexity index is 774. The fourth-order valence-corrected chi connectivity index (χ4v) is 4.86. The van der Waals surface area contributed by atoms with Crippen molar-refractivity contribution in [3.8, 4) is 0 Å². The first kappa shape index (κ1) is 19.4. The van der Waals surface area contributed by atoms with Crippen molar-refractivity contribution in [2.24, 2.45) is 11.3 Å². The fraction of sp³-hybridized carbons (Fsp3) is 0.571. The smallest absolute Gasteiger partial charge is 0.325 e. The zero-order chi connectivity index (χ0) is 19.8. The van der Waals surface area contributed by atoms with E-state index in [0.29, 0.717) is 24.4 Å². The van der Waals surface area contributed by atoms with E-state index in [0.717, 1.165) is 23.3 Å². The number of amides is 4. The zero-order valence-corrected chi connectivity index (χ0v) is 16.6. The van der Waals surface area contributed by atoms with Crippen molar-refractivity contribution in [2.45, 2.75) is 58.9 Å². The molecule has 146 valence electrons. The van der Waals surface area contributed by atoms with Gasteiger partial charge in [-0.25, -0.2) is 4.79 Å². The number of imide groups is 1. The van der Waals surface area contributed by atoms with Crippen LogP contribution >= 0.6 is 0 Å². The molecule has 1 spiro atoms. The molecule has 6 nitrogen and oxygen atoms in total. The third kappa shape index (κ3) is 3.99. The predicted molar refractivity (Wildman–Crippen MR) is 104 cm³/mol. The van der Waals surface area contributed by atoms with E-state index in [1.165, 1.54) is 0 Å². The van der Waals surface area contributed by atoms with Gasteiger partial charge in [0.2, 0.25) is 5.91 Å². The van der Waals surface area contributed by atoms with Gasteiger partial charge >= 0.3 is 6.03 Å². The molecule has 1 aliphatic heterocycles. The van der Waals surface area contributed by atoms with Gasteiger partial charge in [0.05, 0.1) is 0 Å². The average molecular weight is 371 g/mol. The molecule has 0 radical (unpaired) electrons. The van der Waals surface area contributed by atoms with Gasteiger partial charge in [-0.2, -0.15) is 0 Å². The van der Waals surface area contributed by atoms with Gasteiger partial charge in [-0.05, 0) is 54.7 Å². The first-order chi connectivity index (χ1) is 12.6. The molecule has 2 N–H and O–H groups in total. The Kier molecular flexibility index (Phi) is 5.02. The minimum atomic E-state index is -0.874. The summed E-state index contributed by atoms with van der Waals surface area (Å²) < 4.78 is 0. The lowest BCUT2D eigenvalue weighted by atomic mass is 9.64. The summed E-state index contributed by atoms with van der Waals surface area (Å²) in [6, 6.07) is 7.10. The molecule has 2 atom stereocenters. The number of hydrogen-bond donors (Lipinski definition) is 2. The molecule has 1 saturated carbocycles. The molecule has 0 unspecified atom stereocenters. The lowest BCUT2D eigenvalue weighted by molar-refractivity contribution is -0.136. The predicted octanol–water partition coefficient (Wildman–Crippen LogP) is 3.32. The molecule has 0 bridgehead atoms. The van der Waals surface area contributed by atoms with Crippen LogP contribution in [0.4, 0.5) is 10.5 Å². The van der Waals surface area contributed by atoms with E-state index >= 15 is 0 Å². The highest BCUT2D eigenvalue weighted by Crippen LogP contribution is 2.46. The summed E-state index contributed by atoms with van der Waals surface area (Å²) in [5, 5.41) is 5.69. The summed E-state index contributed by atoms with van der Waals surface area (Å²) in [5.41, 5.74) is 0.883. The van der Waals surface area contributed by atoms with Gasteiger partial charge in [0.15, 0.2) is 0 Å².